The third-order valence-corrected chi connectivity index (χ3v) is 3.31. The van der Waals surface area contributed by atoms with Crippen LogP contribution < -0.4 is 5.56 Å². The Balaban J connectivity index is 2.23. The molecular weight excluding hydrogens is 272 g/mol. The number of para-hydroxylation sites is 2. The van der Waals surface area contributed by atoms with Crippen LogP contribution in [0.1, 0.15) is 12.6 Å². The van der Waals surface area contributed by atoms with E-state index in [1.165, 1.54) is 4.40 Å². The second-order valence-corrected chi connectivity index (χ2v) is 4.62. The van der Waals surface area contributed by atoms with Gasteiger partial charge in [0.05, 0.1) is 24.1 Å². The van der Waals surface area contributed by atoms with Crippen molar-refractivity contribution in [2.75, 3.05) is 6.61 Å². The number of rotatable bonds is 3. The van der Waals surface area contributed by atoms with Crippen LogP contribution in [0.5, 0.6) is 0 Å². The van der Waals surface area contributed by atoms with Gasteiger partial charge >= 0.3 is 5.97 Å². The van der Waals surface area contributed by atoms with E-state index >= 15 is 0 Å². The normalized spacial score (nSPS) is 11.1. The molecule has 0 aliphatic carbocycles. The zero-order valence-electron chi connectivity index (χ0n) is 11.7. The molecule has 0 aliphatic rings. The van der Waals surface area contributed by atoms with E-state index in [0.717, 1.165) is 11.0 Å². The number of imidazole rings is 1. The Bertz CT molecular complexity index is 894. The molecule has 7 heteroatoms. The quantitative estimate of drug-likeness (QED) is 0.662. The summed E-state index contributed by atoms with van der Waals surface area (Å²) in [5.74, 6) is -0.0436. The molecule has 0 N–H and O–H groups in total. The summed E-state index contributed by atoms with van der Waals surface area (Å²) in [5, 5.41) is 7.94. The molecule has 2 aromatic heterocycles. The van der Waals surface area contributed by atoms with E-state index in [0.29, 0.717) is 5.78 Å². The average molecular weight is 286 g/mol. The first-order valence-corrected chi connectivity index (χ1v) is 6.61. The molecule has 0 aliphatic heterocycles. The Morgan fingerprint density at radius 1 is 1.24 bits per heavy atom. The van der Waals surface area contributed by atoms with Gasteiger partial charge in [-0.2, -0.15) is 0 Å². The summed E-state index contributed by atoms with van der Waals surface area (Å²) in [4.78, 5) is 24.1. The van der Waals surface area contributed by atoms with Crippen molar-refractivity contribution in [1.82, 2.24) is 19.2 Å². The largest absolute Gasteiger partial charge is 0.466 e. The predicted molar refractivity (Wildman–Crippen MR) is 76.1 cm³/mol. The lowest BCUT2D eigenvalue weighted by Crippen LogP contribution is -2.24. The first kappa shape index (κ1) is 13.3. The maximum atomic E-state index is 12.5. The van der Waals surface area contributed by atoms with E-state index in [4.69, 9.17) is 4.74 Å². The van der Waals surface area contributed by atoms with Crippen LogP contribution in [0.15, 0.2) is 29.1 Å². The SMILES string of the molecule is CCOC(=O)Cc1nnc2n(C)c3ccccc3n2c1=O. The summed E-state index contributed by atoms with van der Waals surface area (Å²) in [6, 6.07) is 7.47. The average Bonchev–Trinajstić information content (AvgIpc) is 2.77. The second-order valence-electron chi connectivity index (χ2n) is 4.62. The number of ether oxygens (including phenoxy) is 1. The van der Waals surface area contributed by atoms with Gasteiger partial charge in [0.1, 0.15) is 5.69 Å². The minimum absolute atomic E-state index is 0.0855. The first-order chi connectivity index (χ1) is 10.1. The van der Waals surface area contributed by atoms with Crippen molar-refractivity contribution in [3.8, 4) is 0 Å². The summed E-state index contributed by atoms with van der Waals surface area (Å²) >= 11 is 0. The number of aromatic nitrogens is 4. The molecule has 7 nitrogen and oxygen atoms in total. The van der Waals surface area contributed by atoms with Crippen molar-refractivity contribution in [3.05, 3.63) is 40.3 Å². The molecule has 0 atom stereocenters. The van der Waals surface area contributed by atoms with Gasteiger partial charge < -0.3 is 9.30 Å². The van der Waals surface area contributed by atoms with Crippen LogP contribution in [0.25, 0.3) is 16.8 Å². The molecule has 0 fully saturated rings. The van der Waals surface area contributed by atoms with Crippen LogP contribution in [0.4, 0.5) is 0 Å². The number of hydrogen-bond donors (Lipinski definition) is 0. The van der Waals surface area contributed by atoms with E-state index in [1.807, 2.05) is 31.3 Å². The van der Waals surface area contributed by atoms with Crippen LogP contribution in [-0.2, 0) is 23.0 Å². The molecule has 1 aromatic carbocycles. The summed E-state index contributed by atoms with van der Waals surface area (Å²) in [7, 11) is 1.82. The Morgan fingerprint density at radius 3 is 2.67 bits per heavy atom. The minimum atomic E-state index is -0.482. The molecule has 0 amide bonds. The van der Waals surface area contributed by atoms with Crippen LogP contribution in [0.2, 0.25) is 0 Å². The highest BCUT2D eigenvalue weighted by atomic mass is 16.5. The number of fused-ring (bicyclic) bond motifs is 3. The van der Waals surface area contributed by atoms with Crippen molar-refractivity contribution in [2.24, 2.45) is 7.05 Å². The fourth-order valence-corrected chi connectivity index (χ4v) is 2.35. The summed E-state index contributed by atoms with van der Waals surface area (Å²) in [5.41, 5.74) is 1.35. The lowest BCUT2D eigenvalue weighted by atomic mass is 10.3. The molecule has 3 rings (SSSR count). The monoisotopic (exact) mass is 286 g/mol. The van der Waals surface area contributed by atoms with Gasteiger partial charge in [0, 0.05) is 7.05 Å². The molecular formula is C14H14N4O3. The van der Waals surface area contributed by atoms with Crippen molar-refractivity contribution in [3.63, 3.8) is 0 Å². The molecule has 0 spiro atoms. The van der Waals surface area contributed by atoms with E-state index in [9.17, 15) is 9.59 Å². The van der Waals surface area contributed by atoms with E-state index in [1.54, 1.807) is 11.5 Å². The molecule has 2 heterocycles. The second kappa shape index (κ2) is 5.01. The number of esters is 1. The highest BCUT2D eigenvalue weighted by molar-refractivity contribution is 5.80. The highest BCUT2D eigenvalue weighted by Gasteiger charge is 2.16. The Kier molecular flexibility index (Phi) is 3.17. The minimum Gasteiger partial charge on any atom is -0.466 e. The van der Waals surface area contributed by atoms with Crippen molar-refractivity contribution >= 4 is 22.8 Å². The number of carbonyl (C=O) groups excluding carboxylic acids is 1. The molecule has 0 saturated carbocycles. The Morgan fingerprint density at radius 2 is 1.95 bits per heavy atom. The third-order valence-electron chi connectivity index (χ3n) is 3.31. The fraction of sp³-hybridized carbons (Fsp3) is 0.286. The van der Waals surface area contributed by atoms with Crippen molar-refractivity contribution in [2.45, 2.75) is 13.3 Å². The predicted octanol–water partition coefficient (Wildman–Crippen LogP) is 0.687. The number of benzene rings is 1. The van der Waals surface area contributed by atoms with E-state index in [-0.39, 0.29) is 24.3 Å². The third kappa shape index (κ3) is 2.06. The van der Waals surface area contributed by atoms with Gasteiger partial charge in [-0.05, 0) is 19.1 Å². The van der Waals surface area contributed by atoms with Crippen LogP contribution in [0.3, 0.4) is 0 Å². The summed E-state index contributed by atoms with van der Waals surface area (Å²) in [6.07, 6.45) is -0.175. The Hall–Kier alpha value is -2.70. The smallest absolute Gasteiger partial charge is 0.312 e. The lowest BCUT2D eigenvalue weighted by Gasteiger charge is -2.01. The van der Waals surface area contributed by atoms with Gasteiger partial charge in [0.2, 0.25) is 5.78 Å². The fourth-order valence-electron chi connectivity index (χ4n) is 2.35. The van der Waals surface area contributed by atoms with Gasteiger partial charge in [-0.1, -0.05) is 12.1 Å². The first-order valence-electron chi connectivity index (χ1n) is 6.61. The van der Waals surface area contributed by atoms with Crippen LogP contribution in [-0.4, -0.2) is 31.7 Å². The van der Waals surface area contributed by atoms with Gasteiger partial charge in [-0.25, -0.2) is 4.40 Å². The molecule has 3 aromatic rings. The highest BCUT2D eigenvalue weighted by Crippen LogP contribution is 2.15. The van der Waals surface area contributed by atoms with Crippen LogP contribution >= 0.6 is 0 Å². The van der Waals surface area contributed by atoms with Crippen molar-refractivity contribution in [1.29, 1.82) is 0 Å². The summed E-state index contributed by atoms with van der Waals surface area (Å²) < 4.78 is 8.10. The molecule has 0 bridgehead atoms. The molecule has 0 saturated heterocycles. The van der Waals surface area contributed by atoms with Crippen LogP contribution in [0, 0.1) is 0 Å². The molecule has 21 heavy (non-hydrogen) atoms. The van der Waals surface area contributed by atoms with Gasteiger partial charge in [-0.15, -0.1) is 10.2 Å². The van der Waals surface area contributed by atoms with E-state index < -0.39 is 5.97 Å². The number of carbonyl (C=O) groups is 1. The number of hydrogen-bond acceptors (Lipinski definition) is 5. The zero-order valence-corrected chi connectivity index (χ0v) is 11.7. The molecule has 108 valence electrons. The molecule has 0 unspecified atom stereocenters. The van der Waals surface area contributed by atoms with Gasteiger partial charge in [0.15, 0.2) is 0 Å². The lowest BCUT2D eigenvalue weighted by molar-refractivity contribution is -0.142. The topological polar surface area (TPSA) is 78.5 Å². The van der Waals surface area contributed by atoms with Crippen molar-refractivity contribution < 1.29 is 9.53 Å². The van der Waals surface area contributed by atoms with Gasteiger partial charge in [-0.3, -0.25) is 9.59 Å². The standard InChI is InChI=1S/C14H14N4O3/c1-3-21-12(19)8-9-13(20)18-11-7-5-4-6-10(11)17(2)14(18)16-15-9/h4-7H,3,8H2,1-2H3. The zero-order chi connectivity index (χ0) is 15.0. The summed E-state index contributed by atoms with van der Waals surface area (Å²) in [6.45, 7) is 1.98. The Labute approximate surface area is 119 Å². The maximum Gasteiger partial charge on any atom is 0.312 e. The maximum absolute atomic E-state index is 12.5. The number of nitrogens with zero attached hydrogens (tertiary/aromatic N) is 4. The van der Waals surface area contributed by atoms with E-state index in [2.05, 4.69) is 10.2 Å². The number of aryl methyl sites for hydroxylation is 1. The molecule has 0 radical (unpaired) electrons. The van der Waals surface area contributed by atoms with Gasteiger partial charge in [0.25, 0.3) is 5.56 Å².